The number of hydrogen-bond acceptors (Lipinski definition) is 4. The van der Waals surface area contributed by atoms with Crippen LogP contribution in [0.4, 0.5) is 0 Å². The Bertz CT molecular complexity index is 914. The van der Waals surface area contributed by atoms with Gasteiger partial charge in [0.25, 0.3) is 5.91 Å². The molecule has 0 saturated carbocycles. The Hall–Kier alpha value is -2.76. The quantitative estimate of drug-likeness (QED) is 0.403. The number of aromatic hydroxyl groups is 1. The molecular weight excluding hydrogens is 392 g/mol. The van der Waals surface area contributed by atoms with Gasteiger partial charge in [0.1, 0.15) is 5.75 Å². The molecule has 0 spiro atoms. The lowest BCUT2D eigenvalue weighted by Crippen LogP contribution is -2.28. The summed E-state index contributed by atoms with van der Waals surface area (Å²) in [5.41, 5.74) is 4.19. The maximum atomic E-state index is 12.6. The molecule has 0 heterocycles. The van der Waals surface area contributed by atoms with Crippen LogP contribution in [0.5, 0.6) is 5.75 Å². The highest BCUT2D eigenvalue weighted by Crippen LogP contribution is 2.12. The zero-order chi connectivity index (χ0) is 21.0. The molecule has 0 atom stereocenters. The van der Waals surface area contributed by atoms with Gasteiger partial charge in [0, 0.05) is 30.2 Å². The number of benzene rings is 3. The van der Waals surface area contributed by atoms with Crippen LogP contribution in [-0.2, 0) is 18.7 Å². The summed E-state index contributed by atoms with van der Waals surface area (Å²) in [5, 5.41) is 15.8. The van der Waals surface area contributed by atoms with Gasteiger partial charge in [-0.05, 0) is 47.9 Å². The molecular formula is C25H28N2O2S. The number of thioether (sulfide) groups is 1. The number of phenolic OH excluding ortho intramolecular Hbond substituents is 1. The van der Waals surface area contributed by atoms with E-state index in [9.17, 15) is 9.90 Å². The maximum Gasteiger partial charge on any atom is 0.251 e. The van der Waals surface area contributed by atoms with E-state index in [4.69, 9.17) is 0 Å². The fourth-order valence-electron chi connectivity index (χ4n) is 3.11. The molecule has 0 fully saturated rings. The molecule has 4 nitrogen and oxygen atoms in total. The summed E-state index contributed by atoms with van der Waals surface area (Å²) in [6.45, 7) is 2.10. The number of carbonyl (C=O) groups is 1. The van der Waals surface area contributed by atoms with E-state index >= 15 is 0 Å². The molecule has 0 aliphatic heterocycles. The van der Waals surface area contributed by atoms with E-state index in [1.807, 2.05) is 66.4 Å². The zero-order valence-corrected chi connectivity index (χ0v) is 17.8. The molecule has 3 aromatic carbocycles. The van der Waals surface area contributed by atoms with Crippen molar-refractivity contribution in [3.8, 4) is 5.75 Å². The fourth-order valence-corrected chi connectivity index (χ4v) is 3.93. The lowest BCUT2D eigenvalue weighted by Gasteiger charge is -2.11. The van der Waals surface area contributed by atoms with Gasteiger partial charge >= 0.3 is 0 Å². The lowest BCUT2D eigenvalue weighted by molar-refractivity contribution is 0.0955. The molecule has 0 saturated heterocycles. The molecule has 3 N–H and O–H groups in total. The van der Waals surface area contributed by atoms with Crippen LogP contribution in [-0.4, -0.2) is 29.9 Å². The highest BCUT2D eigenvalue weighted by Gasteiger charge is 2.10. The minimum Gasteiger partial charge on any atom is -0.508 e. The zero-order valence-electron chi connectivity index (χ0n) is 17.0. The Kier molecular flexibility index (Phi) is 8.81. The average molecular weight is 421 g/mol. The number of rotatable bonds is 11. The van der Waals surface area contributed by atoms with Crippen LogP contribution < -0.4 is 10.6 Å². The van der Waals surface area contributed by atoms with Crippen LogP contribution in [0.15, 0.2) is 78.9 Å². The van der Waals surface area contributed by atoms with Crippen molar-refractivity contribution in [2.75, 3.05) is 18.8 Å². The summed E-state index contributed by atoms with van der Waals surface area (Å²) < 4.78 is 0. The second-order valence-electron chi connectivity index (χ2n) is 7.04. The predicted molar refractivity (Wildman–Crippen MR) is 125 cm³/mol. The first-order chi connectivity index (χ1) is 14.7. The van der Waals surface area contributed by atoms with Crippen LogP contribution in [0, 0.1) is 0 Å². The van der Waals surface area contributed by atoms with Crippen molar-refractivity contribution in [1.29, 1.82) is 0 Å². The fraction of sp³-hybridized carbons (Fsp3) is 0.240. The van der Waals surface area contributed by atoms with Gasteiger partial charge in [0.2, 0.25) is 0 Å². The van der Waals surface area contributed by atoms with Crippen LogP contribution in [0.3, 0.4) is 0 Å². The van der Waals surface area contributed by atoms with Crippen LogP contribution in [0.1, 0.15) is 27.0 Å². The van der Waals surface area contributed by atoms with E-state index in [2.05, 4.69) is 22.8 Å². The van der Waals surface area contributed by atoms with E-state index in [-0.39, 0.29) is 11.7 Å². The van der Waals surface area contributed by atoms with E-state index in [0.29, 0.717) is 13.1 Å². The third-order valence-electron chi connectivity index (χ3n) is 4.75. The molecule has 0 aromatic heterocycles. The minimum absolute atomic E-state index is 0.0220. The summed E-state index contributed by atoms with van der Waals surface area (Å²) in [6, 6.07) is 25.4. The predicted octanol–water partition coefficient (Wildman–Crippen LogP) is 4.39. The first kappa shape index (κ1) is 21.9. The largest absolute Gasteiger partial charge is 0.508 e. The number of carbonyl (C=O) groups excluding carboxylic acids is 1. The smallest absolute Gasteiger partial charge is 0.251 e. The van der Waals surface area contributed by atoms with E-state index < -0.39 is 0 Å². The molecule has 0 unspecified atom stereocenters. The summed E-state index contributed by atoms with van der Waals surface area (Å²) in [5.74, 6) is 2.10. The summed E-state index contributed by atoms with van der Waals surface area (Å²) >= 11 is 1.82. The third-order valence-corrected chi connectivity index (χ3v) is 5.78. The van der Waals surface area contributed by atoms with Gasteiger partial charge in [-0.3, -0.25) is 4.79 Å². The van der Waals surface area contributed by atoms with Gasteiger partial charge in [-0.25, -0.2) is 0 Å². The van der Waals surface area contributed by atoms with Gasteiger partial charge in [-0.2, -0.15) is 11.8 Å². The molecule has 1 amide bonds. The van der Waals surface area contributed by atoms with Crippen molar-refractivity contribution >= 4 is 17.7 Å². The average Bonchev–Trinajstić information content (AvgIpc) is 2.78. The molecule has 3 aromatic rings. The van der Waals surface area contributed by atoms with Gasteiger partial charge in [-0.15, -0.1) is 0 Å². The Balaban J connectivity index is 1.39. The van der Waals surface area contributed by atoms with E-state index in [1.165, 1.54) is 11.1 Å². The molecule has 156 valence electrons. The summed E-state index contributed by atoms with van der Waals surface area (Å²) in [7, 11) is 0. The van der Waals surface area contributed by atoms with Gasteiger partial charge in [-0.1, -0.05) is 60.7 Å². The summed E-state index contributed by atoms with van der Waals surface area (Å²) in [4.78, 5) is 12.6. The normalized spacial score (nSPS) is 10.7. The van der Waals surface area contributed by atoms with E-state index in [0.717, 1.165) is 35.6 Å². The van der Waals surface area contributed by atoms with Crippen LogP contribution >= 0.6 is 11.8 Å². The van der Waals surface area contributed by atoms with Crippen LogP contribution in [0.25, 0.3) is 0 Å². The Morgan fingerprint density at radius 1 is 0.833 bits per heavy atom. The molecule has 3 rings (SSSR count). The highest BCUT2D eigenvalue weighted by molar-refractivity contribution is 7.98. The van der Waals surface area contributed by atoms with Gasteiger partial charge in [0.15, 0.2) is 0 Å². The van der Waals surface area contributed by atoms with Crippen molar-refractivity contribution in [3.05, 3.63) is 101 Å². The second-order valence-corrected chi connectivity index (χ2v) is 8.15. The molecule has 0 aliphatic rings. The van der Waals surface area contributed by atoms with Gasteiger partial charge < -0.3 is 15.7 Å². The highest BCUT2D eigenvalue weighted by atomic mass is 32.2. The molecule has 30 heavy (non-hydrogen) atoms. The monoisotopic (exact) mass is 420 g/mol. The van der Waals surface area contributed by atoms with Crippen molar-refractivity contribution < 1.29 is 9.90 Å². The van der Waals surface area contributed by atoms with Gasteiger partial charge in [0.05, 0.1) is 0 Å². The standard InChI is InChI=1S/C25H28N2O2S/c28-23-12-10-20(11-13-23)14-15-26-18-22-8-4-5-9-24(22)25(29)27-16-17-30-19-21-6-2-1-3-7-21/h1-13,26,28H,14-19H2,(H,27,29). The lowest BCUT2D eigenvalue weighted by atomic mass is 10.1. The number of phenols is 1. The topological polar surface area (TPSA) is 61.4 Å². The Morgan fingerprint density at radius 3 is 2.37 bits per heavy atom. The number of amides is 1. The second kappa shape index (κ2) is 12.1. The van der Waals surface area contributed by atoms with Crippen molar-refractivity contribution in [2.24, 2.45) is 0 Å². The maximum absolute atomic E-state index is 12.6. The number of hydrogen-bond donors (Lipinski definition) is 3. The first-order valence-electron chi connectivity index (χ1n) is 10.2. The van der Waals surface area contributed by atoms with Crippen LogP contribution in [0.2, 0.25) is 0 Å². The minimum atomic E-state index is -0.0220. The molecule has 0 bridgehead atoms. The SMILES string of the molecule is O=C(NCCSCc1ccccc1)c1ccccc1CNCCc1ccc(O)cc1. The van der Waals surface area contributed by atoms with Crippen molar-refractivity contribution in [3.63, 3.8) is 0 Å². The number of nitrogens with one attached hydrogen (secondary N) is 2. The van der Waals surface area contributed by atoms with Crippen molar-refractivity contribution in [2.45, 2.75) is 18.7 Å². The third kappa shape index (κ3) is 7.25. The van der Waals surface area contributed by atoms with E-state index in [1.54, 1.807) is 12.1 Å². The Labute approximate surface area is 182 Å². The molecule has 5 heteroatoms. The molecule has 0 aliphatic carbocycles. The summed E-state index contributed by atoms with van der Waals surface area (Å²) in [6.07, 6.45) is 0.868. The first-order valence-corrected chi connectivity index (χ1v) is 11.3. The molecule has 0 radical (unpaired) electrons. The Morgan fingerprint density at radius 2 is 1.57 bits per heavy atom. The van der Waals surface area contributed by atoms with Crippen molar-refractivity contribution in [1.82, 2.24) is 10.6 Å².